The molecule has 3 heteroatoms. The zero-order valence-electron chi connectivity index (χ0n) is 10.6. The van der Waals surface area contributed by atoms with Crippen LogP contribution in [0, 0.1) is 11.3 Å². The topological polar surface area (TPSA) is 33.0 Å². The van der Waals surface area contributed by atoms with Crippen LogP contribution in [0.25, 0.3) is 0 Å². The highest BCUT2D eigenvalue weighted by atomic mass is 35.5. The van der Waals surface area contributed by atoms with Crippen molar-refractivity contribution in [3.8, 4) is 11.8 Å². The molecule has 0 aliphatic carbocycles. The summed E-state index contributed by atoms with van der Waals surface area (Å²) in [5.41, 5.74) is 1.93. The standard InChI is InChI=1S/C16H14ClNO/c1-19-14-6-4-5-12(10-14)9-13(11-18)15-7-2-3-8-16(15)17/h2-8,10,13H,9H2,1H3. The molecule has 0 aliphatic heterocycles. The molecule has 96 valence electrons. The van der Waals surface area contributed by atoms with Crippen LogP contribution in [0.5, 0.6) is 5.75 Å². The van der Waals surface area contributed by atoms with Crippen LogP contribution in [0.3, 0.4) is 0 Å². The molecule has 0 aliphatic rings. The second-order valence-electron chi connectivity index (χ2n) is 4.26. The van der Waals surface area contributed by atoms with Crippen molar-refractivity contribution in [3.63, 3.8) is 0 Å². The van der Waals surface area contributed by atoms with Gasteiger partial charge in [-0.2, -0.15) is 5.26 Å². The van der Waals surface area contributed by atoms with Crippen molar-refractivity contribution in [1.29, 1.82) is 5.26 Å². The van der Waals surface area contributed by atoms with Crippen molar-refractivity contribution in [1.82, 2.24) is 0 Å². The quantitative estimate of drug-likeness (QED) is 0.835. The first-order chi connectivity index (χ1) is 9.24. The third-order valence-corrected chi connectivity index (χ3v) is 3.35. The Morgan fingerprint density at radius 1 is 1.21 bits per heavy atom. The van der Waals surface area contributed by atoms with Crippen LogP contribution in [0.15, 0.2) is 48.5 Å². The fraction of sp³-hybridized carbons (Fsp3) is 0.188. The van der Waals surface area contributed by atoms with E-state index in [9.17, 15) is 5.26 Å². The lowest BCUT2D eigenvalue weighted by Gasteiger charge is -2.12. The summed E-state index contributed by atoms with van der Waals surface area (Å²) in [6.45, 7) is 0. The normalized spacial score (nSPS) is 11.6. The maximum atomic E-state index is 9.35. The largest absolute Gasteiger partial charge is 0.497 e. The van der Waals surface area contributed by atoms with Crippen molar-refractivity contribution >= 4 is 11.6 Å². The molecular formula is C16H14ClNO. The summed E-state index contributed by atoms with van der Waals surface area (Å²) in [5, 5.41) is 9.99. The fourth-order valence-electron chi connectivity index (χ4n) is 2.02. The Morgan fingerprint density at radius 2 is 2.00 bits per heavy atom. The molecule has 0 saturated heterocycles. The molecule has 0 radical (unpaired) electrons. The van der Waals surface area contributed by atoms with Gasteiger partial charge in [-0.05, 0) is 35.7 Å². The van der Waals surface area contributed by atoms with Crippen molar-refractivity contribution < 1.29 is 4.74 Å². The van der Waals surface area contributed by atoms with Gasteiger partial charge in [-0.15, -0.1) is 0 Å². The minimum Gasteiger partial charge on any atom is -0.497 e. The number of ether oxygens (including phenoxy) is 1. The van der Waals surface area contributed by atoms with Gasteiger partial charge in [0.2, 0.25) is 0 Å². The highest BCUT2D eigenvalue weighted by molar-refractivity contribution is 6.31. The van der Waals surface area contributed by atoms with E-state index >= 15 is 0 Å². The smallest absolute Gasteiger partial charge is 0.119 e. The summed E-state index contributed by atoms with van der Waals surface area (Å²) in [5.74, 6) is 0.550. The van der Waals surface area contributed by atoms with E-state index in [-0.39, 0.29) is 5.92 Å². The highest BCUT2D eigenvalue weighted by Crippen LogP contribution is 2.27. The summed E-state index contributed by atoms with van der Waals surface area (Å²) in [7, 11) is 1.63. The van der Waals surface area contributed by atoms with Gasteiger partial charge in [0.15, 0.2) is 0 Å². The van der Waals surface area contributed by atoms with E-state index in [2.05, 4.69) is 6.07 Å². The summed E-state index contributed by atoms with van der Waals surface area (Å²) in [4.78, 5) is 0. The van der Waals surface area contributed by atoms with Gasteiger partial charge in [0.25, 0.3) is 0 Å². The molecule has 0 N–H and O–H groups in total. The molecule has 2 nitrogen and oxygen atoms in total. The summed E-state index contributed by atoms with van der Waals surface area (Å²) in [6.07, 6.45) is 0.622. The van der Waals surface area contributed by atoms with Crippen molar-refractivity contribution in [3.05, 3.63) is 64.7 Å². The first-order valence-electron chi connectivity index (χ1n) is 6.01. The number of nitriles is 1. The monoisotopic (exact) mass is 271 g/mol. The van der Waals surface area contributed by atoms with E-state index in [1.807, 2.05) is 48.5 Å². The van der Waals surface area contributed by atoms with Crippen LogP contribution < -0.4 is 4.74 Å². The number of benzene rings is 2. The summed E-state index contributed by atoms with van der Waals surface area (Å²) < 4.78 is 5.19. The van der Waals surface area contributed by atoms with E-state index in [4.69, 9.17) is 16.3 Å². The van der Waals surface area contributed by atoms with Crippen LogP contribution in [-0.4, -0.2) is 7.11 Å². The zero-order chi connectivity index (χ0) is 13.7. The zero-order valence-corrected chi connectivity index (χ0v) is 11.4. The van der Waals surface area contributed by atoms with Crippen molar-refractivity contribution in [2.24, 2.45) is 0 Å². The first-order valence-corrected chi connectivity index (χ1v) is 6.39. The molecule has 0 bridgehead atoms. The second kappa shape index (κ2) is 6.26. The number of halogens is 1. The number of hydrogen-bond acceptors (Lipinski definition) is 2. The number of rotatable bonds is 4. The van der Waals surface area contributed by atoms with Crippen LogP contribution in [0.2, 0.25) is 5.02 Å². The predicted molar refractivity (Wildman–Crippen MR) is 76.5 cm³/mol. The van der Waals surface area contributed by atoms with E-state index in [1.54, 1.807) is 7.11 Å². The fourth-order valence-corrected chi connectivity index (χ4v) is 2.29. The third-order valence-electron chi connectivity index (χ3n) is 3.01. The Balaban J connectivity index is 2.25. The highest BCUT2D eigenvalue weighted by Gasteiger charge is 2.14. The molecule has 0 fully saturated rings. The van der Waals surface area contributed by atoms with Gasteiger partial charge >= 0.3 is 0 Å². The first kappa shape index (κ1) is 13.5. The van der Waals surface area contributed by atoms with Crippen LogP contribution >= 0.6 is 11.6 Å². The van der Waals surface area contributed by atoms with Crippen LogP contribution in [0.4, 0.5) is 0 Å². The lowest BCUT2D eigenvalue weighted by atomic mass is 9.93. The lowest BCUT2D eigenvalue weighted by Crippen LogP contribution is -2.01. The third kappa shape index (κ3) is 3.27. The van der Waals surface area contributed by atoms with Crippen molar-refractivity contribution in [2.75, 3.05) is 7.11 Å². The Hall–Kier alpha value is -1.98. The van der Waals surface area contributed by atoms with Gasteiger partial charge in [0.05, 0.1) is 19.1 Å². The van der Waals surface area contributed by atoms with E-state index in [1.165, 1.54) is 0 Å². The average Bonchev–Trinajstić information content (AvgIpc) is 2.46. The maximum absolute atomic E-state index is 9.35. The molecule has 1 unspecified atom stereocenters. The molecule has 2 aromatic rings. The SMILES string of the molecule is COc1cccc(CC(C#N)c2ccccc2Cl)c1. The van der Waals surface area contributed by atoms with Gasteiger partial charge in [0.1, 0.15) is 5.75 Å². The van der Waals surface area contributed by atoms with Crippen LogP contribution in [0.1, 0.15) is 17.0 Å². The van der Waals surface area contributed by atoms with Crippen molar-refractivity contribution in [2.45, 2.75) is 12.3 Å². The molecule has 1 atom stereocenters. The second-order valence-corrected chi connectivity index (χ2v) is 4.67. The van der Waals surface area contributed by atoms with Gasteiger partial charge in [0, 0.05) is 5.02 Å². The molecular weight excluding hydrogens is 258 g/mol. The molecule has 2 rings (SSSR count). The molecule has 19 heavy (non-hydrogen) atoms. The molecule has 0 heterocycles. The minimum absolute atomic E-state index is 0.249. The lowest BCUT2D eigenvalue weighted by molar-refractivity contribution is 0.414. The summed E-state index contributed by atoms with van der Waals surface area (Å²) >= 11 is 6.15. The van der Waals surface area contributed by atoms with Gasteiger partial charge in [-0.1, -0.05) is 41.9 Å². The Kier molecular flexibility index (Phi) is 4.43. The molecule has 0 amide bonds. The van der Waals surface area contributed by atoms with E-state index in [0.29, 0.717) is 11.4 Å². The van der Waals surface area contributed by atoms with E-state index in [0.717, 1.165) is 16.9 Å². The molecule has 0 saturated carbocycles. The van der Waals surface area contributed by atoms with Gasteiger partial charge in [-0.3, -0.25) is 0 Å². The number of hydrogen-bond donors (Lipinski definition) is 0. The van der Waals surface area contributed by atoms with E-state index < -0.39 is 0 Å². The van der Waals surface area contributed by atoms with Gasteiger partial charge in [-0.25, -0.2) is 0 Å². The molecule has 0 spiro atoms. The van der Waals surface area contributed by atoms with Crippen LogP contribution in [-0.2, 0) is 6.42 Å². The Morgan fingerprint density at radius 3 is 2.68 bits per heavy atom. The average molecular weight is 272 g/mol. The number of nitrogens with zero attached hydrogens (tertiary/aromatic N) is 1. The maximum Gasteiger partial charge on any atom is 0.119 e. The minimum atomic E-state index is -0.249. The Labute approximate surface area is 118 Å². The number of methoxy groups -OCH3 is 1. The molecule has 2 aromatic carbocycles. The van der Waals surface area contributed by atoms with Gasteiger partial charge < -0.3 is 4.74 Å². The predicted octanol–water partition coefficient (Wildman–Crippen LogP) is 4.20. The summed E-state index contributed by atoms with van der Waals surface area (Å²) in [6, 6.07) is 17.5. The molecule has 0 aromatic heterocycles. The Bertz CT molecular complexity index is 604.